The van der Waals surface area contributed by atoms with E-state index in [0.717, 1.165) is 0 Å². The zero-order valence-electron chi connectivity index (χ0n) is 12.3. The summed E-state index contributed by atoms with van der Waals surface area (Å²) in [5.41, 5.74) is 2.47. The van der Waals surface area contributed by atoms with E-state index in [1.807, 2.05) is 0 Å². The van der Waals surface area contributed by atoms with Gasteiger partial charge in [0.2, 0.25) is 0 Å². The Kier molecular flexibility index (Phi) is 4.21. The van der Waals surface area contributed by atoms with Gasteiger partial charge in [0.1, 0.15) is 0 Å². The van der Waals surface area contributed by atoms with Gasteiger partial charge in [0, 0.05) is 0 Å². The molecule has 2 heteroatoms. The molecule has 0 heterocycles. The number of rotatable bonds is 4. The van der Waals surface area contributed by atoms with Gasteiger partial charge in [0.05, 0.1) is 5.60 Å². The maximum absolute atomic E-state index is 6.25. The van der Waals surface area contributed by atoms with Crippen LogP contribution in [-0.4, -0.2) is 8.32 Å². The van der Waals surface area contributed by atoms with Crippen molar-refractivity contribution in [3.8, 4) is 0 Å². The summed E-state index contributed by atoms with van der Waals surface area (Å²) in [6, 6.07) is 8.84. The molecular formula is C15H26OSi. The van der Waals surface area contributed by atoms with E-state index in [9.17, 15) is 0 Å². The summed E-state index contributed by atoms with van der Waals surface area (Å²) in [5.74, 6) is 0.588. The lowest BCUT2D eigenvalue weighted by Gasteiger charge is -2.33. The van der Waals surface area contributed by atoms with E-state index in [-0.39, 0.29) is 5.60 Å². The van der Waals surface area contributed by atoms with Crippen LogP contribution in [0.4, 0.5) is 0 Å². The van der Waals surface area contributed by atoms with Gasteiger partial charge in [-0.05, 0) is 50.5 Å². The summed E-state index contributed by atoms with van der Waals surface area (Å²) in [6.07, 6.45) is 0. The van der Waals surface area contributed by atoms with Crippen LogP contribution in [0.15, 0.2) is 24.3 Å². The summed E-state index contributed by atoms with van der Waals surface area (Å²) in [7, 11) is -1.51. The fourth-order valence-corrected chi connectivity index (χ4v) is 3.74. The Balaban J connectivity index is 2.92. The first-order valence-electron chi connectivity index (χ1n) is 6.42. The molecule has 0 fully saturated rings. The smallest absolute Gasteiger partial charge is 0.184 e. The zero-order chi connectivity index (χ0) is 13.3. The molecule has 0 spiro atoms. The molecule has 17 heavy (non-hydrogen) atoms. The largest absolute Gasteiger partial charge is 0.409 e. The van der Waals surface area contributed by atoms with Gasteiger partial charge >= 0.3 is 0 Å². The molecule has 1 rings (SSSR count). The van der Waals surface area contributed by atoms with E-state index < -0.39 is 8.32 Å². The highest BCUT2D eigenvalue weighted by Gasteiger charge is 2.28. The Hall–Kier alpha value is -0.603. The highest BCUT2D eigenvalue weighted by molar-refractivity contribution is 6.69. The van der Waals surface area contributed by atoms with Crippen molar-refractivity contribution in [1.82, 2.24) is 0 Å². The van der Waals surface area contributed by atoms with Gasteiger partial charge in [-0.1, -0.05) is 38.1 Å². The molecule has 0 saturated heterocycles. The van der Waals surface area contributed by atoms with Crippen molar-refractivity contribution in [2.75, 3.05) is 0 Å². The summed E-state index contributed by atoms with van der Waals surface area (Å²) in [6.45, 7) is 15.5. The maximum atomic E-state index is 6.25. The highest BCUT2D eigenvalue weighted by atomic mass is 28.4. The molecule has 1 aromatic rings. The predicted octanol–water partition coefficient (Wildman–Crippen LogP) is 4.90. The van der Waals surface area contributed by atoms with Gasteiger partial charge in [-0.15, -0.1) is 0 Å². The second-order valence-corrected chi connectivity index (χ2v) is 10.9. The number of hydrogen-bond donors (Lipinski definition) is 0. The average Bonchev–Trinajstić information content (AvgIpc) is 2.14. The SMILES string of the molecule is CC(C)c1ccc(C(C)(C)O[Si](C)(C)C)cc1. The fraction of sp³-hybridized carbons (Fsp3) is 0.600. The third kappa shape index (κ3) is 4.28. The first-order valence-corrected chi connectivity index (χ1v) is 9.83. The summed E-state index contributed by atoms with van der Waals surface area (Å²) >= 11 is 0. The molecule has 0 aliphatic heterocycles. The lowest BCUT2D eigenvalue weighted by atomic mass is 9.95. The Morgan fingerprint density at radius 3 is 1.82 bits per heavy atom. The van der Waals surface area contributed by atoms with Gasteiger partial charge < -0.3 is 4.43 Å². The minimum absolute atomic E-state index is 0.181. The molecule has 0 bridgehead atoms. The molecule has 0 aliphatic rings. The summed E-state index contributed by atoms with van der Waals surface area (Å²) in [5, 5.41) is 0. The third-order valence-electron chi connectivity index (χ3n) is 2.83. The molecule has 0 radical (unpaired) electrons. The van der Waals surface area contributed by atoms with E-state index in [1.165, 1.54) is 11.1 Å². The van der Waals surface area contributed by atoms with Crippen molar-refractivity contribution in [3.63, 3.8) is 0 Å². The zero-order valence-corrected chi connectivity index (χ0v) is 13.3. The number of benzene rings is 1. The van der Waals surface area contributed by atoms with E-state index in [4.69, 9.17) is 4.43 Å². The minimum atomic E-state index is -1.51. The molecule has 1 aromatic carbocycles. The van der Waals surface area contributed by atoms with Crippen LogP contribution in [0.1, 0.15) is 44.7 Å². The Morgan fingerprint density at radius 2 is 1.47 bits per heavy atom. The van der Waals surface area contributed by atoms with Crippen molar-refractivity contribution in [2.24, 2.45) is 0 Å². The third-order valence-corrected chi connectivity index (χ3v) is 3.96. The van der Waals surface area contributed by atoms with Gasteiger partial charge in [-0.25, -0.2) is 0 Å². The molecule has 1 nitrogen and oxygen atoms in total. The normalized spacial score (nSPS) is 13.2. The van der Waals surface area contributed by atoms with Crippen LogP contribution in [0.3, 0.4) is 0 Å². The standard InChI is InChI=1S/C15H26OSi/c1-12(2)13-8-10-14(11-9-13)15(3,4)16-17(5,6)7/h8-12H,1-7H3. The number of hydrogen-bond acceptors (Lipinski definition) is 1. The van der Waals surface area contributed by atoms with E-state index in [0.29, 0.717) is 5.92 Å². The van der Waals surface area contributed by atoms with Crippen LogP contribution in [0, 0.1) is 0 Å². The molecule has 0 N–H and O–H groups in total. The van der Waals surface area contributed by atoms with Gasteiger partial charge in [0.25, 0.3) is 0 Å². The van der Waals surface area contributed by atoms with Crippen molar-refractivity contribution < 1.29 is 4.43 Å². The van der Waals surface area contributed by atoms with Gasteiger partial charge in [-0.2, -0.15) is 0 Å². The average molecular weight is 250 g/mol. The lowest BCUT2D eigenvalue weighted by molar-refractivity contribution is 0.1000. The van der Waals surface area contributed by atoms with E-state index >= 15 is 0 Å². The lowest BCUT2D eigenvalue weighted by Crippen LogP contribution is -2.36. The second-order valence-electron chi connectivity index (χ2n) is 6.50. The Bertz CT molecular complexity index is 358. The van der Waals surface area contributed by atoms with Crippen molar-refractivity contribution in [3.05, 3.63) is 35.4 Å². The topological polar surface area (TPSA) is 9.23 Å². The van der Waals surface area contributed by atoms with E-state index in [2.05, 4.69) is 71.6 Å². The Morgan fingerprint density at radius 1 is 1.00 bits per heavy atom. The van der Waals surface area contributed by atoms with Crippen LogP contribution in [0.5, 0.6) is 0 Å². The highest BCUT2D eigenvalue weighted by Crippen LogP contribution is 2.29. The fourth-order valence-electron chi connectivity index (χ4n) is 2.09. The minimum Gasteiger partial charge on any atom is -0.409 e. The molecule has 96 valence electrons. The molecule has 0 aliphatic carbocycles. The molecular weight excluding hydrogens is 224 g/mol. The summed E-state index contributed by atoms with van der Waals surface area (Å²) < 4.78 is 6.25. The molecule has 0 saturated carbocycles. The van der Waals surface area contributed by atoms with Crippen LogP contribution in [0.25, 0.3) is 0 Å². The Labute approximate surface area is 107 Å². The quantitative estimate of drug-likeness (QED) is 0.691. The first-order chi connectivity index (χ1) is 7.62. The second kappa shape index (κ2) is 4.95. The van der Waals surface area contributed by atoms with E-state index in [1.54, 1.807) is 0 Å². The van der Waals surface area contributed by atoms with Gasteiger partial charge in [-0.3, -0.25) is 0 Å². The van der Waals surface area contributed by atoms with Crippen molar-refractivity contribution in [1.29, 1.82) is 0 Å². The first kappa shape index (κ1) is 14.5. The molecule has 0 atom stereocenters. The maximum Gasteiger partial charge on any atom is 0.184 e. The van der Waals surface area contributed by atoms with Crippen LogP contribution < -0.4 is 0 Å². The van der Waals surface area contributed by atoms with Gasteiger partial charge in [0.15, 0.2) is 8.32 Å². The molecule has 0 amide bonds. The monoisotopic (exact) mass is 250 g/mol. The van der Waals surface area contributed by atoms with Crippen molar-refractivity contribution in [2.45, 2.75) is 58.9 Å². The predicted molar refractivity (Wildman–Crippen MR) is 78.0 cm³/mol. The molecule has 0 aromatic heterocycles. The molecule has 0 unspecified atom stereocenters. The van der Waals surface area contributed by atoms with Crippen LogP contribution in [-0.2, 0) is 10.0 Å². The van der Waals surface area contributed by atoms with Crippen molar-refractivity contribution >= 4 is 8.32 Å². The van der Waals surface area contributed by atoms with Crippen LogP contribution in [0.2, 0.25) is 19.6 Å². The van der Waals surface area contributed by atoms with Crippen LogP contribution >= 0.6 is 0 Å². The summed E-state index contributed by atoms with van der Waals surface area (Å²) in [4.78, 5) is 0.